The van der Waals surface area contributed by atoms with Crippen LogP contribution in [0.3, 0.4) is 0 Å². The van der Waals surface area contributed by atoms with E-state index in [1.54, 1.807) is 12.3 Å². The van der Waals surface area contributed by atoms with Gasteiger partial charge in [0.25, 0.3) is 0 Å². The van der Waals surface area contributed by atoms with Gasteiger partial charge in [-0.15, -0.1) is 11.3 Å². The Kier molecular flexibility index (Phi) is 3.05. The molecule has 0 amide bonds. The zero-order valence-electron chi connectivity index (χ0n) is 10.8. The minimum atomic E-state index is 0.625. The van der Waals surface area contributed by atoms with Gasteiger partial charge in [0.15, 0.2) is 0 Å². The zero-order valence-corrected chi connectivity index (χ0v) is 11.6. The summed E-state index contributed by atoms with van der Waals surface area (Å²) in [4.78, 5) is 17.0. The second-order valence-corrected chi connectivity index (χ2v) is 5.54. The molecule has 1 aromatic carbocycles. The Morgan fingerprint density at radius 2 is 2.15 bits per heavy atom. The number of aromatic nitrogens is 1. The Bertz CT molecular complexity index is 859. The van der Waals surface area contributed by atoms with E-state index in [9.17, 15) is 4.79 Å². The van der Waals surface area contributed by atoms with Crippen LogP contribution in [0.15, 0.2) is 36.5 Å². The van der Waals surface area contributed by atoms with Gasteiger partial charge in [-0.05, 0) is 42.8 Å². The maximum absolute atomic E-state index is 10.9. The number of carbonyl (C=O) groups excluding carboxylic acids is 1. The van der Waals surface area contributed by atoms with Crippen molar-refractivity contribution in [1.29, 1.82) is 5.26 Å². The highest BCUT2D eigenvalue weighted by Gasteiger charge is 2.10. The molecule has 0 radical (unpaired) electrons. The predicted octanol–water partition coefficient (Wildman–Crippen LogP) is 3.96. The summed E-state index contributed by atoms with van der Waals surface area (Å²) in [5.74, 6) is 0. The first-order valence-electron chi connectivity index (χ1n) is 6.08. The van der Waals surface area contributed by atoms with Crippen molar-refractivity contribution in [2.75, 3.05) is 0 Å². The average Bonchev–Trinajstić information content (AvgIpc) is 2.87. The quantitative estimate of drug-likeness (QED) is 0.667. The van der Waals surface area contributed by atoms with Crippen molar-refractivity contribution in [3.8, 4) is 16.5 Å². The summed E-state index contributed by atoms with van der Waals surface area (Å²) in [6, 6.07) is 11.6. The third kappa shape index (κ3) is 1.98. The molecule has 2 aromatic heterocycles. The van der Waals surface area contributed by atoms with Crippen molar-refractivity contribution in [3.63, 3.8) is 0 Å². The smallest absolute Gasteiger partial charge is 0.150 e. The third-order valence-electron chi connectivity index (χ3n) is 3.19. The fourth-order valence-electron chi connectivity index (χ4n) is 2.18. The molecule has 0 saturated heterocycles. The fourth-order valence-corrected chi connectivity index (χ4v) is 3.19. The van der Waals surface area contributed by atoms with Gasteiger partial charge in [0, 0.05) is 27.6 Å². The SMILES string of the molecule is Cc1cc(-c2ccnc3ccc(C=O)cc23)sc1C#N. The normalized spacial score (nSPS) is 10.4. The molecule has 20 heavy (non-hydrogen) atoms. The van der Waals surface area contributed by atoms with E-state index in [0.717, 1.165) is 38.1 Å². The van der Waals surface area contributed by atoms with Crippen LogP contribution in [0.2, 0.25) is 0 Å². The molecule has 3 nitrogen and oxygen atoms in total. The van der Waals surface area contributed by atoms with E-state index in [-0.39, 0.29) is 0 Å². The Hall–Kier alpha value is -2.51. The lowest BCUT2D eigenvalue weighted by atomic mass is 10.0. The molecule has 0 spiro atoms. The number of nitriles is 1. The molecule has 96 valence electrons. The molecule has 0 atom stereocenters. The van der Waals surface area contributed by atoms with Gasteiger partial charge in [-0.1, -0.05) is 0 Å². The van der Waals surface area contributed by atoms with Crippen LogP contribution in [0.25, 0.3) is 21.3 Å². The lowest BCUT2D eigenvalue weighted by Crippen LogP contribution is -1.85. The molecular formula is C16H10N2OS. The maximum atomic E-state index is 10.9. The summed E-state index contributed by atoms with van der Waals surface area (Å²) in [5.41, 5.74) is 3.45. The number of fused-ring (bicyclic) bond motifs is 1. The van der Waals surface area contributed by atoms with Crippen LogP contribution in [0.5, 0.6) is 0 Å². The number of rotatable bonds is 2. The third-order valence-corrected chi connectivity index (χ3v) is 4.36. The molecule has 2 heterocycles. The first-order valence-corrected chi connectivity index (χ1v) is 6.89. The number of benzene rings is 1. The van der Waals surface area contributed by atoms with Crippen LogP contribution in [-0.2, 0) is 0 Å². The van der Waals surface area contributed by atoms with Gasteiger partial charge in [-0.2, -0.15) is 5.26 Å². The summed E-state index contributed by atoms with van der Waals surface area (Å²) in [5, 5.41) is 10.0. The summed E-state index contributed by atoms with van der Waals surface area (Å²) in [6.07, 6.45) is 2.58. The number of aldehydes is 1. The number of carbonyl (C=O) groups is 1. The van der Waals surface area contributed by atoms with E-state index in [1.807, 2.05) is 31.2 Å². The first-order chi connectivity index (χ1) is 9.72. The topological polar surface area (TPSA) is 53.8 Å². The predicted molar refractivity (Wildman–Crippen MR) is 79.9 cm³/mol. The number of hydrogen-bond acceptors (Lipinski definition) is 4. The fraction of sp³-hybridized carbons (Fsp3) is 0.0625. The van der Waals surface area contributed by atoms with E-state index >= 15 is 0 Å². The Morgan fingerprint density at radius 1 is 1.30 bits per heavy atom. The van der Waals surface area contributed by atoms with Crippen LogP contribution >= 0.6 is 11.3 Å². The molecule has 0 bridgehead atoms. The minimum Gasteiger partial charge on any atom is -0.298 e. The lowest BCUT2D eigenvalue weighted by molar-refractivity contribution is 0.112. The Labute approximate surface area is 120 Å². The Balaban J connectivity index is 2.29. The van der Waals surface area contributed by atoms with Crippen molar-refractivity contribution < 1.29 is 4.79 Å². The molecule has 3 aromatic rings. The average molecular weight is 278 g/mol. The Morgan fingerprint density at radius 3 is 2.85 bits per heavy atom. The number of aryl methyl sites for hydroxylation is 1. The van der Waals surface area contributed by atoms with Gasteiger partial charge < -0.3 is 0 Å². The summed E-state index contributed by atoms with van der Waals surface area (Å²) in [7, 11) is 0. The minimum absolute atomic E-state index is 0.625. The molecule has 4 heteroatoms. The second-order valence-electron chi connectivity index (χ2n) is 4.49. The van der Waals surface area contributed by atoms with E-state index in [1.165, 1.54) is 11.3 Å². The zero-order chi connectivity index (χ0) is 14.1. The number of nitrogens with zero attached hydrogens (tertiary/aromatic N) is 2. The van der Waals surface area contributed by atoms with Crippen LogP contribution in [-0.4, -0.2) is 11.3 Å². The van der Waals surface area contributed by atoms with Crippen molar-refractivity contribution >= 4 is 28.5 Å². The van der Waals surface area contributed by atoms with E-state index in [2.05, 4.69) is 11.1 Å². The first kappa shape index (κ1) is 12.5. The second kappa shape index (κ2) is 4.87. The van der Waals surface area contributed by atoms with Crippen LogP contribution in [0, 0.1) is 18.3 Å². The largest absolute Gasteiger partial charge is 0.298 e. The number of hydrogen-bond donors (Lipinski definition) is 0. The highest BCUT2D eigenvalue weighted by atomic mass is 32.1. The van der Waals surface area contributed by atoms with Gasteiger partial charge in [0.1, 0.15) is 17.2 Å². The van der Waals surface area contributed by atoms with Crippen molar-refractivity contribution in [2.45, 2.75) is 6.92 Å². The molecule has 0 unspecified atom stereocenters. The molecule has 0 aliphatic heterocycles. The molecule has 0 N–H and O–H groups in total. The molecule has 0 fully saturated rings. The van der Waals surface area contributed by atoms with Crippen molar-refractivity contribution in [1.82, 2.24) is 4.98 Å². The molecule has 0 aliphatic carbocycles. The highest BCUT2D eigenvalue weighted by molar-refractivity contribution is 7.16. The van der Waals surface area contributed by atoms with Gasteiger partial charge in [0.2, 0.25) is 0 Å². The molecule has 3 rings (SSSR count). The lowest BCUT2D eigenvalue weighted by Gasteiger charge is -2.04. The van der Waals surface area contributed by atoms with E-state index in [0.29, 0.717) is 5.56 Å². The summed E-state index contributed by atoms with van der Waals surface area (Å²) < 4.78 is 0. The van der Waals surface area contributed by atoms with Crippen molar-refractivity contribution in [3.05, 3.63) is 52.5 Å². The van der Waals surface area contributed by atoms with Gasteiger partial charge in [-0.3, -0.25) is 9.78 Å². The molecular weight excluding hydrogens is 268 g/mol. The summed E-state index contributed by atoms with van der Waals surface area (Å²) >= 11 is 1.46. The van der Waals surface area contributed by atoms with Crippen LogP contribution < -0.4 is 0 Å². The highest BCUT2D eigenvalue weighted by Crippen LogP contribution is 2.34. The number of pyridine rings is 1. The van der Waals surface area contributed by atoms with Gasteiger partial charge in [-0.25, -0.2) is 0 Å². The van der Waals surface area contributed by atoms with Gasteiger partial charge >= 0.3 is 0 Å². The standard InChI is InChI=1S/C16H10N2OS/c1-10-6-15(20-16(10)8-17)12-4-5-18-14-3-2-11(9-19)7-13(12)14/h2-7,9H,1H3. The molecule has 0 aliphatic rings. The summed E-state index contributed by atoms with van der Waals surface area (Å²) in [6.45, 7) is 1.93. The maximum Gasteiger partial charge on any atom is 0.150 e. The van der Waals surface area contributed by atoms with Gasteiger partial charge in [0.05, 0.1) is 5.52 Å². The van der Waals surface area contributed by atoms with E-state index < -0.39 is 0 Å². The number of thiophene rings is 1. The monoisotopic (exact) mass is 278 g/mol. The van der Waals surface area contributed by atoms with E-state index in [4.69, 9.17) is 5.26 Å². The van der Waals surface area contributed by atoms with Crippen LogP contribution in [0.1, 0.15) is 20.8 Å². The molecule has 0 saturated carbocycles. The van der Waals surface area contributed by atoms with Crippen LogP contribution in [0.4, 0.5) is 0 Å². The van der Waals surface area contributed by atoms with Crippen molar-refractivity contribution in [2.24, 2.45) is 0 Å².